The largest absolute Gasteiger partial charge is 0.394 e. The highest BCUT2D eigenvalue weighted by molar-refractivity contribution is 7.99. The van der Waals surface area contributed by atoms with Gasteiger partial charge in [0.25, 0.3) is 0 Å². The van der Waals surface area contributed by atoms with Crippen LogP contribution in [-0.2, 0) is 75.3 Å². The number of hydrogen-bond acceptors (Lipinski definition) is 18. The van der Waals surface area contributed by atoms with Gasteiger partial charge in [0.2, 0.25) is 65.0 Å². The molecule has 7 rings (SSSR count). The molecule has 28 nitrogen and oxygen atoms in total. The molecule has 95 heavy (non-hydrogen) atoms. The second-order valence-electron chi connectivity index (χ2n) is 25.1. The number of fused-ring (bicyclic) bond motifs is 5. The van der Waals surface area contributed by atoms with E-state index in [2.05, 4.69) is 59.4 Å². The van der Waals surface area contributed by atoms with Crippen LogP contribution in [0.3, 0.4) is 0 Å². The third-order valence-corrected chi connectivity index (χ3v) is 20.0. The first-order valence-corrected chi connectivity index (χ1v) is 34.2. The number of anilines is 1. The molecule has 3 aromatic rings. The SMILES string of the molecule is C=C1C(SC)CC(=O)N1CCC(=O)NC(C(=O)N[C@@H](C)C(=O)Nc1ccc(CNC(=O)C[C@@H]2CC(=O)[C@@H]3CSc4[nH]c5ccccc5c4C[C@H](CC(=O)[C@H]([C@@H](C)[C@@H](O)CO)NC(=O)[C@@H]4C[C@@H](O)CN4C2=O)C(=O)NCC(=O)N[C@@H]([C@@H](C)CC)C(=O)NCC(=O)N3)cc1)C(C)C. The fraction of sp³-hybridized carbons (Fsp3) is 0.554. The molecule has 2 fully saturated rings. The lowest BCUT2D eigenvalue weighted by Crippen LogP contribution is -2.56. The van der Waals surface area contributed by atoms with E-state index in [1.807, 2.05) is 6.26 Å². The number of nitrogens with one attached hydrogen (secondary N) is 10. The first kappa shape index (κ1) is 74.2. The number of Topliss-reactive ketones (excluding diaryl/α,β-unsaturated/α-hetero) is 2. The quantitative estimate of drug-likeness (QED) is 0.0740. The number of H-pyrrole nitrogens is 1. The van der Waals surface area contributed by atoms with Gasteiger partial charge in [-0.1, -0.05) is 78.0 Å². The highest BCUT2D eigenvalue weighted by Crippen LogP contribution is 2.35. The second-order valence-corrected chi connectivity index (χ2v) is 27.2. The maximum Gasteiger partial charge on any atom is 0.246 e. The molecule has 4 aliphatic rings. The molecule has 2 aromatic carbocycles. The third-order valence-electron chi connectivity index (χ3n) is 17.8. The minimum atomic E-state index is -1.63. The molecule has 13 atom stereocenters. The summed E-state index contributed by atoms with van der Waals surface area (Å²) in [6, 6.07) is 5.39. The molecule has 13 N–H and O–H groups in total. The molecule has 516 valence electrons. The summed E-state index contributed by atoms with van der Waals surface area (Å²) in [5, 5.41) is 57.1. The molecule has 30 heteroatoms. The molecular formula is C65H88N12O16S2. The van der Waals surface area contributed by atoms with Crippen LogP contribution in [0.25, 0.3) is 10.9 Å². The van der Waals surface area contributed by atoms with Crippen molar-refractivity contribution in [3.63, 3.8) is 0 Å². The summed E-state index contributed by atoms with van der Waals surface area (Å²) in [4.78, 5) is 188. The van der Waals surface area contributed by atoms with E-state index in [4.69, 9.17) is 0 Å². The summed E-state index contributed by atoms with van der Waals surface area (Å²) in [6.07, 6.45) is -3.03. The molecule has 0 spiro atoms. The standard InChI is InChI=1S/C65H88N12O16S2/c1-9-33(4)57-62(91)68-27-53(85)71-45-31-95-64-43(42-12-10-11-13-44(42)72-64)20-38(60(89)67-28-54(86)74-57)21-48(81)58(34(5)49(82)30-78)75-61(90)46-24-41(79)29-77(46)65(93)39(22-47(45)80)23-52(84)66-26-37-14-16-40(17-15-37)70-59(88)35(6)69-63(92)56(32(2)3)73-51(83)18-19-76-36(7)50(94-8)25-55(76)87/h10-17,32-35,38-39,41,45-46,49-50,56-58,72,78-79,82H,7,9,18-31H2,1-6,8H3,(H,66,84)(H,67,89)(H,68,91)(H,69,92)(H,70,88)(H,71,85)(H,73,83)(H,74,86)(H,75,90)/t33-,34-,35-,38+,39-,41+,45-,46-,49-,50?,56?,57-,58-/m0/s1. The van der Waals surface area contributed by atoms with Crippen LogP contribution in [0.15, 0.2) is 65.8 Å². The molecule has 2 unspecified atom stereocenters. The monoisotopic (exact) mass is 1360 g/mol. The third kappa shape index (κ3) is 19.5. The summed E-state index contributed by atoms with van der Waals surface area (Å²) < 4.78 is 0. The lowest BCUT2D eigenvalue weighted by Gasteiger charge is -2.32. The van der Waals surface area contributed by atoms with Gasteiger partial charge in [0.05, 0.1) is 60.2 Å². The highest BCUT2D eigenvalue weighted by Gasteiger charge is 2.45. The number of carbonyl (C=O) groups is 13. The normalized spacial score (nSPS) is 24.6. The van der Waals surface area contributed by atoms with Gasteiger partial charge in [-0.05, 0) is 60.8 Å². The number of thioether (sulfide) groups is 2. The van der Waals surface area contributed by atoms with Gasteiger partial charge in [-0.25, -0.2) is 0 Å². The Kier molecular flexibility index (Phi) is 26.5. The topological polar surface area (TPSA) is 413 Å². The Morgan fingerprint density at radius 3 is 2.14 bits per heavy atom. The molecule has 2 saturated heterocycles. The van der Waals surface area contributed by atoms with E-state index in [9.17, 15) is 68.1 Å². The van der Waals surface area contributed by atoms with E-state index < -0.39 is 188 Å². The van der Waals surface area contributed by atoms with Gasteiger partial charge in [-0.3, -0.25) is 62.3 Å². The number of aromatic nitrogens is 1. The fourth-order valence-electron chi connectivity index (χ4n) is 11.9. The summed E-state index contributed by atoms with van der Waals surface area (Å²) in [5.74, 6) is -14.3. The Labute approximate surface area is 558 Å². The van der Waals surface area contributed by atoms with Gasteiger partial charge in [0.1, 0.15) is 24.2 Å². The number of para-hydroxylation sites is 1. The minimum absolute atomic E-state index is 0.0660. The van der Waals surface area contributed by atoms with Crippen LogP contribution in [-0.4, -0.2) is 205 Å². The lowest BCUT2D eigenvalue weighted by atomic mass is 9.85. The number of benzene rings is 2. The van der Waals surface area contributed by atoms with Crippen LogP contribution in [0.2, 0.25) is 0 Å². The fourth-order valence-corrected chi connectivity index (χ4v) is 13.7. The van der Waals surface area contributed by atoms with E-state index in [-0.39, 0.29) is 55.2 Å². The van der Waals surface area contributed by atoms with E-state index in [1.165, 1.54) is 30.5 Å². The van der Waals surface area contributed by atoms with E-state index in [0.29, 0.717) is 51.3 Å². The number of likely N-dealkylation sites (tertiary alicyclic amines) is 1. The zero-order chi connectivity index (χ0) is 69.5. The molecule has 4 aliphatic heterocycles. The van der Waals surface area contributed by atoms with Crippen molar-refractivity contribution in [2.75, 3.05) is 50.1 Å². The number of aromatic amines is 1. The number of nitrogens with zero attached hydrogens (tertiary/aromatic N) is 2. The zero-order valence-electron chi connectivity index (χ0n) is 54.4. The van der Waals surface area contributed by atoms with Crippen LogP contribution in [0.1, 0.15) is 97.6 Å². The average molecular weight is 1360 g/mol. The van der Waals surface area contributed by atoms with Gasteiger partial charge < -0.3 is 78.0 Å². The van der Waals surface area contributed by atoms with E-state index >= 15 is 9.59 Å². The van der Waals surface area contributed by atoms with E-state index in [0.717, 1.165) is 16.7 Å². The molecule has 0 aliphatic carbocycles. The Bertz CT molecular complexity index is 3400. The van der Waals surface area contributed by atoms with Crippen LogP contribution in [0.5, 0.6) is 0 Å². The van der Waals surface area contributed by atoms with Gasteiger partial charge in [0, 0.05) is 98.0 Å². The smallest absolute Gasteiger partial charge is 0.246 e. The molecular weight excluding hydrogens is 1270 g/mol. The summed E-state index contributed by atoms with van der Waals surface area (Å²) in [6.45, 7) is 11.1. The second kappa shape index (κ2) is 34.0. The first-order chi connectivity index (χ1) is 45.1. The Balaban J connectivity index is 1.13. The predicted molar refractivity (Wildman–Crippen MR) is 352 cm³/mol. The summed E-state index contributed by atoms with van der Waals surface area (Å²) in [7, 11) is 0. The molecule has 11 amide bonds. The lowest BCUT2D eigenvalue weighted by molar-refractivity contribution is -0.145. The number of carbonyl (C=O) groups excluding carboxylic acids is 13. The van der Waals surface area contributed by atoms with Crippen molar-refractivity contribution in [3.8, 4) is 0 Å². The molecule has 0 radical (unpaired) electrons. The van der Waals surface area contributed by atoms with Crippen LogP contribution >= 0.6 is 23.5 Å². The average Bonchev–Trinajstić information content (AvgIpc) is 1.69. The molecule has 0 saturated carbocycles. The molecule has 1 aromatic heterocycles. The van der Waals surface area contributed by atoms with Crippen molar-refractivity contribution in [2.45, 2.75) is 158 Å². The van der Waals surface area contributed by atoms with Crippen LogP contribution in [0, 0.1) is 29.6 Å². The van der Waals surface area contributed by atoms with Crippen molar-refractivity contribution in [3.05, 3.63) is 71.9 Å². The van der Waals surface area contributed by atoms with Crippen molar-refractivity contribution in [1.82, 2.24) is 57.3 Å². The number of amides is 11. The van der Waals surface area contributed by atoms with Crippen molar-refractivity contribution < 1.29 is 77.6 Å². The maximum atomic E-state index is 15.1. The van der Waals surface area contributed by atoms with Crippen molar-refractivity contribution in [2.24, 2.45) is 29.6 Å². The minimum Gasteiger partial charge on any atom is -0.394 e. The Morgan fingerprint density at radius 1 is 0.789 bits per heavy atom. The zero-order valence-corrected chi connectivity index (χ0v) is 56.0. The Morgan fingerprint density at radius 2 is 1.47 bits per heavy atom. The Hall–Kier alpha value is -8.19. The van der Waals surface area contributed by atoms with Crippen LogP contribution < -0.4 is 47.9 Å². The highest BCUT2D eigenvalue weighted by atomic mass is 32.2. The molecule has 5 heterocycles. The van der Waals surface area contributed by atoms with Crippen LogP contribution in [0.4, 0.5) is 5.69 Å². The number of ketones is 2. The summed E-state index contributed by atoms with van der Waals surface area (Å²) in [5.41, 5.74) is 2.53. The molecule has 2 bridgehead atoms. The van der Waals surface area contributed by atoms with Crippen molar-refractivity contribution >= 4 is 117 Å². The number of aliphatic hydroxyl groups is 3. The number of hydrogen-bond donors (Lipinski definition) is 13. The van der Waals surface area contributed by atoms with Gasteiger partial charge >= 0.3 is 0 Å². The van der Waals surface area contributed by atoms with Gasteiger partial charge in [-0.2, -0.15) is 11.8 Å². The van der Waals surface area contributed by atoms with Gasteiger partial charge in [-0.15, -0.1) is 11.8 Å². The van der Waals surface area contributed by atoms with Crippen molar-refractivity contribution in [1.29, 1.82) is 0 Å². The first-order valence-electron chi connectivity index (χ1n) is 31.9. The number of rotatable bonds is 19. The summed E-state index contributed by atoms with van der Waals surface area (Å²) >= 11 is 2.56. The van der Waals surface area contributed by atoms with Gasteiger partial charge in [0.15, 0.2) is 11.6 Å². The predicted octanol–water partition coefficient (Wildman–Crippen LogP) is -0.177. The number of aliphatic hydroxyl groups excluding tert-OH is 3. The maximum absolute atomic E-state index is 15.1. The van der Waals surface area contributed by atoms with E-state index in [1.54, 1.807) is 76.2 Å².